The summed E-state index contributed by atoms with van der Waals surface area (Å²) in [7, 11) is 0. The summed E-state index contributed by atoms with van der Waals surface area (Å²) in [4.78, 5) is 10.3. The second kappa shape index (κ2) is 4.09. The quantitative estimate of drug-likeness (QED) is 0.518. The number of hydrogen-bond donors (Lipinski definition) is 2. The molecule has 0 fully saturated rings. The second-order valence-corrected chi connectivity index (χ2v) is 1.76. The predicted molar refractivity (Wildman–Crippen MR) is 34.7 cm³/mol. The van der Waals surface area contributed by atoms with Gasteiger partial charge in [-0.25, -0.2) is 0 Å². The third-order valence-electron chi connectivity index (χ3n) is 0.968. The van der Waals surface area contributed by atoms with Gasteiger partial charge in [-0.2, -0.15) is 0 Å². The fourth-order valence-corrected chi connectivity index (χ4v) is 0.382. The van der Waals surface area contributed by atoms with Crippen molar-refractivity contribution in [3.63, 3.8) is 0 Å². The number of rotatable bonds is 3. The Morgan fingerprint density at radius 1 is 1.78 bits per heavy atom. The van der Waals surface area contributed by atoms with Crippen LogP contribution in [0.25, 0.3) is 0 Å². The molecule has 0 aliphatic carbocycles. The van der Waals surface area contributed by atoms with E-state index >= 15 is 0 Å². The zero-order valence-corrected chi connectivity index (χ0v) is 5.42. The standard InChI is InChI=1S/C6H11NO2/c1-5(6(7)9)3-2-4-8/h3,8H,2,4H2,1H3,(H2,7,9). The molecule has 52 valence electrons. The topological polar surface area (TPSA) is 63.3 Å². The first-order valence-electron chi connectivity index (χ1n) is 2.76. The highest BCUT2D eigenvalue weighted by molar-refractivity contribution is 5.91. The fourth-order valence-electron chi connectivity index (χ4n) is 0.382. The number of amides is 1. The molecule has 3 nitrogen and oxygen atoms in total. The van der Waals surface area contributed by atoms with E-state index < -0.39 is 5.91 Å². The van der Waals surface area contributed by atoms with E-state index in [1.807, 2.05) is 0 Å². The molecule has 0 aliphatic rings. The Hall–Kier alpha value is -0.830. The van der Waals surface area contributed by atoms with Crippen LogP contribution in [0, 0.1) is 0 Å². The van der Waals surface area contributed by atoms with Crippen molar-refractivity contribution in [3.8, 4) is 0 Å². The molecule has 3 heteroatoms. The van der Waals surface area contributed by atoms with Gasteiger partial charge in [-0.05, 0) is 13.3 Å². The third-order valence-corrected chi connectivity index (χ3v) is 0.968. The number of aliphatic hydroxyl groups is 1. The minimum atomic E-state index is -0.427. The van der Waals surface area contributed by atoms with Crippen molar-refractivity contribution in [1.82, 2.24) is 0 Å². The Kier molecular flexibility index (Phi) is 3.71. The van der Waals surface area contributed by atoms with Gasteiger partial charge in [0.05, 0.1) is 0 Å². The number of nitrogens with two attached hydrogens (primary N) is 1. The lowest BCUT2D eigenvalue weighted by Gasteiger charge is -1.90. The van der Waals surface area contributed by atoms with E-state index in [-0.39, 0.29) is 6.61 Å². The zero-order valence-electron chi connectivity index (χ0n) is 5.42. The minimum absolute atomic E-state index is 0.0601. The number of carbonyl (C=O) groups excluding carboxylic acids is 1. The molecule has 0 rings (SSSR count). The van der Waals surface area contributed by atoms with E-state index in [2.05, 4.69) is 0 Å². The van der Waals surface area contributed by atoms with E-state index in [0.717, 1.165) is 0 Å². The van der Waals surface area contributed by atoms with E-state index in [9.17, 15) is 4.79 Å². The summed E-state index contributed by atoms with van der Waals surface area (Å²) in [6.07, 6.45) is 2.11. The molecular formula is C6H11NO2. The van der Waals surface area contributed by atoms with Crippen LogP contribution >= 0.6 is 0 Å². The molecule has 1 amide bonds. The van der Waals surface area contributed by atoms with Gasteiger partial charge < -0.3 is 10.8 Å². The van der Waals surface area contributed by atoms with Crippen LogP contribution in [-0.2, 0) is 4.79 Å². The van der Waals surface area contributed by atoms with E-state index in [1.54, 1.807) is 13.0 Å². The molecule has 0 spiro atoms. The largest absolute Gasteiger partial charge is 0.396 e. The molecule has 0 radical (unpaired) electrons. The molecule has 0 aromatic rings. The monoisotopic (exact) mass is 129 g/mol. The molecule has 0 bridgehead atoms. The van der Waals surface area contributed by atoms with Crippen molar-refractivity contribution in [2.24, 2.45) is 5.73 Å². The molecule has 0 heterocycles. The summed E-state index contributed by atoms with van der Waals surface area (Å²) in [5, 5.41) is 8.30. The summed E-state index contributed by atoms with van der Waals surface area (Å²) >= 11 is 0. The van der Waals surface area contributed by atoms with Crippen LogP contribution in [-0.4, -0.2) is 17.6 Å². The molecule has 0 atom stereocenters. The molecule has 0 aromatic carbocycles. The van der Waals surface area contributed by atoms with Gasteiger partial charge in [0, 0.05) is 12.2 Å². The highest BCUT2D eigenvalue weighted by Gasteiger charge is 1.93. The predicted octanol–water partition coefficient (Wildman–Crippen LogP) is -0.200. The smallest absolute Gasteiger partial charge is 0.244 e. The minimum Gasteiger partial charge on any atom is -0.396 e. The van der Waals surface area contributed by atoms with Crippen molar-refractivity contribution in [2.45, 2.75) is 13.3 Å². The average Bonchev–Trinajstić information content (AvgIpc) is 1.82. The first-order valence-corrected chi connectivity index (χ1v) is 2.76. The molecule has 0 saturated carbocycles. The van der Waals surface area contributed by atoms with Crippen molar-refractivity contribution < 1.29 is 9.90 Å². The summed E-state index contributed by atoms with van der Waals surface area (Å²) in [5.74, 6) is -0.427. The Labute approximate surface area is 54.2 Å². The molecule has 3 N–H and O–H groups in total. The molecular weight excluding hydrogens is 118 g/mol. The van der Waals surface area contributed by atoms with Gasteiger partial charge in [-0.15, -0.1) is 0 Å². The maximum Gasteiger partial charge on any atom is 0.244 e. The summed E-state index contributed by atoms with van der Waals surface area (Å²) in [5.41, 5.74) is 5.39. The van der Waals surface area contributed by atoms with Crippen LogP contribution < -0.4 is 5.73 Å². The van der Waals surface area contributed by atoms with Crippen LogP contribution in [0.3, 0.4) is 0 Å². The van der Waals surface area contributed by atoms with E-state index in [0.29, 0.717) is 12.0 Å². The van der Waals surface area contributed by atoms with E-state index in [4.69, 9.17) is 10.8 Å². The SMILES string of the molecule is CC(=CCCO)C(N)=O. The van der Waals surface area contributed by atoms with Crippen LogP contribution in [0.2, 0.25) is 0 Å². The highest BCUT2D eigenvalue weighted by Crippen LogP contribution is 1.91. The van der Waals surface area contributed by atoms with Crippen LogP contribution in [0.4, 0.5) is 0 Å². The lowest BCUT2D eigenvalue weighted by Crippen LogP contribution is -2.11. The first kappa shape index (κ1) is 8.17. The van der Waals surface area contributed by atoms with Crippen LogP contribution in [0.15, 0.2) is 11.6 Å². The van der Waals surface area contributed by atoms with Crippen molar-refractivity contribution in [3.05, 3.63) is 11.6 Å². The highest BCUT2D eigenvalue weighted by atomic mass is 16.2. The Morgan fingerprint density at radius 2 is 2.33 bits per heavy atom. The van der Waals surface area contributed by atoms with Gasteiger partial charge in [-0.3, -0.25) is 4.79 Å². The van der Waals surface area contributed by atoms with Gasteiger partial charge in [0.1, 0.15) is 0 Å². The number of carbonyl (C=O) groups is 1. The van der Waals surface area contributed by atoms with Gasteiger partial charge in [0.15, 0.2) is 0 Å². The fraction of sp³-hybridized carbons (Fsp3) is 0.500. The number of aliphatic hydroxyl groups excluding tert-OH is 1. The second-order valence-electron chi connectivity index (χ2n) is 1.76. The lowest BCUT2D eigenvalue weighted by atomic mass is 10.2. The summed E-state index contributed by atoms with van der Waals surface area (Å²) in [6, 6.07) is 0. The van der Waals surface area contributed by atoms with Crippen molar-refractivity contribution >= 4 is 5.91 Å². The number of primary amides is 1. The van der Waals surface area contributed by atoms with Gasteiger partial charge >= 0.3 is 0 Å². The van der Waals surface area contributed by atoms with Gasteiger partial charge in [-0.1, -0.05) is 6.08 Å². The van der Waals surface area contributed by atoms with Gasteiger partial charge in [0.2, 0.25) is 5.91 Å². The maximum absolute atomic E-state index is 10.3. The van der Waals surface area contributed by atoms with Gasteiger partial charge in [0.25, 0.3) is 0 Å². The molecule has 9 heavy (non-hydrogen) atoms. The molecule has 0 aliphatic heterocycles. The normalized spacial score (nSPS) is 11.6. The summed E-state index contributed by atoms with van der Waals surface area (Å²) in [6.45, 7) is 1.68. The third kappa shape index (κ3) is 3.73. The van der Waals surface area contributed by atoms with E-state index in [1.165, 1.54) is 0 Å². The lowest BCUT2D eigenvalue weighted by molar-refractivity contribution is -0.114. The van der Waals surface area contributed by atoms with Crippen molar-refractivity contribution in [1.29, 1.82) is 0 Å². The maximum atomic E-state index is 10.3. The van der Waals surface area contributed by atoms with Crippen molar-refractivity contribution in [2.75, 3.05) is 6.61 Å². The average molecular weight is 129 g/mol. The Morgan fingerprint density at radius 3 is 2.67 bits per heavy atom. The molecule has 0 aromatic heterocycles. The number of hydrogen-bond acceptors (Lipinski definition) is 2. The Balaban J connectivity index is 3.69. The molecule has 0 saturated heterocycles. The Bertz CT molecular complexity index is 129. The first-order chi connectivity index (χ1) is 4.18. The zero-order chi connectivity index (χ0) is 7.28. The summed E-state index contributed by atoms with van der Waals surface area (Å²) < 4.78 is 0. The molecule has 0 unspecified atom stereocenters. The van der Waals surface area contributed by atoms with Crippen LogP contribution in [0.1, 0.15) is 13.3 Å². The van der Waals surface area contributed by atoms with Crippen LogP contribution in [0.5, 0.6) is 0 Å².